The van der Waals surface area contributed by atoms with E-state index in [0.717, 1.165) is 89.9 Å². The molecule has 10 heteroatoms. The van der Waals surface area contributed by atoms with Gasteiger partial charge in [0.15, 0.2) is 0 Å². The number of phosphoric acid groups is 1. The largest absolute Gasteiger partial charge is 0.472 e. The maximum absolute atomic E-state index is 13.6. The minimum Gasteiger partial charge on any atom is -0.456 e. The van der Waals surface area contributed by atoms with Crippen molar-refractivity contribution in [2.24, 2.45) is 0 Å². The number of carbonyl (C=O) groups excluding carboxylic acids is 2. The summed E-state index contributed by atoms with van der Waals surface area (Å²) < 4.78 is 30.8. The Morgan fingerprint density at radius 3 is 1.21 bits per heavy atom. The van der Waals surface area contributed by atoms with E-state index in [-0.39, 0.29) is 31.5 Å². The Bertz CT molecular complexity index is 1520. The van der Waals surface area contributed by atoms with E-state index in [0.29, 0.717) is 17.4 Å². The van der Waals surface area contributed by atoms with Crippen LogP contribution in [-0.4, -0.2) is 74.3 Å². The lowest BCUT2D eigenvalue weighted by atomic mass is 10.0. The highest BCUT2D eigenvalue weighted by molar-refractivity contribution is 7.47. The third-order valence-electron chi connectivity index (χ3n) is 14.7. The molecular weight excluding hydrogens is 988 g/mol. The maximum Gasteiger partial charge on any atom is 0.472 e. The average molecular weight is 1120 g/mol. The fraction of sp³-hybridized carbons (Fsp3) is 0.824. The number of amides is 1. The number of nitrogens with zero attached hydrogens (tertiary/aromatic N) is 1. The molecule has 0 bridgehead atoms. The summed E-state index contributed by atoms with van der Waals surface area (Å²) in [5, 5.41) is 3.06. The lowest BCUT2D eigenvalue weighted by molar-refractivity contribution is -0.870. The lowest BCUT2D eigenvalue weighted by Gasteiger charge is -2.27. The van der Waals surface area contributed by atoms with Crippen LogP contribution < -0.4 is 5.32 Å². The first kappa shape index (κ1) is 75.7. The number of rotatable bonds is 60. The van der Waals surface area contributed by atoms with Gasteiger partial charge in [-0.25, -0.2) is 4.57 Å². The zero-order chi connectivity index (χ0) is 57.2. The highest BCUT2D eigenvalue weighted by Gasteiger charge is 2.30. The molecule has 9 nitrogen and oxygen atoms in total. The first-order valence-electron chi connectivity index (χ1n) is 33.1. The van der Waals surface area contributed by atoms with Gasteiger partial charge < -0.3 is 19.4 Å². The van der Waals surface area contributed by atoms with Crippen molar-refractivity contribution in [1.82, 2.24) is 5.32 Å². The number of nitrogens with one attached hydrogen (secondary N) is 1. The summed E-state index contributed by atoms with van der Waals surface area (Å²) >= 11 is 0. The molecule has 78 heavy (non-hydrogen) atoms. The van der Waals surface area contributed by atoms with Crippen LogP contribution in [0.3, 0.4) is 0 Å². The molecule has 0 heterocycles. The first-order valence-corrected chi connectivity index (χ1v) is 34.6. The van der Waals surface area contributed by atoms with Crippen molar-refractivity contribution < 1.29 is 37.3 Å². The van der Waals surface area contributed by atoms with E-state index in [4.69, 9.17) is 13.8 Å². The van der Waals surface area contributed by atoms with Gasteiger partial charge in [-0.1, -0.05) is 262 Å². The number of allylic oxidation sites excluding steroid dienone is 9. The molecule has 2 N–H and O–H groups in total. The monoisotopic (exact) mass is 1120 g/mol. The average Bonchev–Trinajstić information content (AvgIpc) is 3.40. The summed E-state index contributed by atoms with van der Waals surface area (Å²) in [6.07, 6.45) is 73.6. The summed E-state index contributed by atoms with van der Waals surface area (Å²) in [6.45, 7) is 7.00. The number of hydrogen-bond donors (Lipinski definition) is 2. The standard InChI is InChI=1S/C68H127N2O7P/c1-7-10-13-16-19-22-25-28-30-32-33-34-35-36-37-38-40-43-46-49-52-55-58-61-68(72)77-66(59-56-53-50-47-44-41-27-24-21-18-15-12-9-3)65(64-76-78(73,74)75-63-62-70(4,5)6)69-67(71)60-57-54-51-48-45-42-39-31-29-26-23-20-17-14-11-8-2/h19,22,28,30-31,33-34,39,56,59,65-66H,7-18,20-21,23-27,29,32,35-38,40-55,57-58,60-64H2,1-6H3,(H-,69,71,73,74)/p+1/b22-19-,30-28-,34-33-,39-31+,59-56-. The summed E-state index contributed by atoms with van der Waals surface area (Å²) in [5.74, 6) is -0.511. The number of quaternary nitrogens is 1. The quantitative estimate of drug-likeness (QED) is 0.0205. The molecule has 0 spiro atoms. The zero-order valence-electron chi connectivity index (χ0n) is 52.2. The summed E-state index contributed by atoms with van der Waals surface area (Å²) in [5.41, 5.74) is 0. The van der Waals surface area contributed by atoms with Crippen molar-refractivity contribution in [2.45, 2.75) is 322 Å². The van der Waals surface area contributed by atoms with E-state index in [2.05, 4.69) is 74.7 Å². The van der Waals surface area contributed by atoms with Crippen molar-refractivity contribution >= 4 is 19.7 Å². The third kappa shape index (κ3) is 58.4. The minimum absolute atomic E-state index is 0.0376. The van der Waals surface area contributed by atoms with Crippen molar-refractivity contribution in [3.05, 3.63) is 60.8 Å². The van der Waals surface area contributed by atoms with E-state index in [1.807, 2.05) is 33.3 Å². The number of esters is 1. The maximum atomic E-state index is 13.6. The molecule has 0 saturated carbocycles. The van der Waals surface area contributed by atoms with Gasteiger partial charge in [-0.3, -0.25) is 18.6 Å². The predicted octanol–water partition coefficient (Wildman–Crippen LogP) is 20.6. The number of phosphoric ester groups is 1. The Labute approximate surface area is 483 Å². The van der Waals surface area contributed by atoms with E-state index in [1.165, 1.54) is 186 Å². The molecule has 0 aliphatic carbocycles. The Kier molecular flexibility index (Phi) is 56.2. The zero-order valence-corrected chi connectivity index (χ0v) is 53.1. The van der Waals surface area contributed by atoms with Crippen molar-refractivity contribution in [2.75, 3.05) is 40.9 Å². The summed E-state index contributed by atoms with van der Waals surface area (Å²) in [7, 11) is 1.49. The highest BCUT2D eigenvalue weighted by Crippen LogP contribution is 2.43. The van der Waals surface area contributed by atoms with Gasteiger partial charge in [0.05, 0.1) is 33.8 Å². The molecule has 3 atom stereocenters. The first-order chi connectivity index (χ1) is 37.9. The smallest absolute Gasteiger partial charge is 0.456 e. The van der Waals surface area contributed by atoms with E-state index in [9.17, 15) is 19.0 Å². The fourth-order valence-electron chi connectivity index (χ4n) is 9.53. The molecule has 0 rings (SSSR count). The summed E-state index contributed by atoms with van der Waals surface area (Å²) in [4.78, 5) is 37.8. The number of hydrogen-bond acceptors (Lipinski definition) is 6. The minimum atomic E-state index is -4.45. The van der Waals surface area contributed by atoms with E-state index < -0.39 is 20.0 Å². The van der Waals surface area contributed by atoms with Crippen LogP contribution in [0.4, 0.5) is 0 Å². The molecule has 0 aromatic rings. The van der Waals surface area contributed by atoms with Crippen molar-refractivity contribution in [1.29, 1.82) is 0 Å². The second-order valence-electron chi connectivity index (χ2n) is 23.6. The molecule has 456 valence electrons. The molecule has 0 radical (unpaired) electrons. The molecule has 0 fully saturated rings. The fourth-order valence-corrected chi connectivity index (χ4v) is 10.3. The van der Waals surface area contributed by atoms with Gasteiger partial charge in [-0.15, -0.1) is 0 Å². The second kappa shape index (κ2) is 57.9. The Morgan fingerprint density at radius 2 is 0.782 bits per heavy atom. The molecule has 3 unspecified atom stereocenters. The van der Waals surface area contributed by atoms with Gasteiger partial charge in [-0.05, 0) is 96.0 Å². The van der Waals surface area contributed by atoms with Gasteiger partial charge in [-0.2, -0.15) is 0 Å². The van der Waals surface area contributed by atoms with Crippen LogP contribution in [0.15, 0.2) is 60.8 Å². The number of likely N-dealkylation sites (N-methyl/N-ethyl adjacent to an activating group) is 1. The van der Waals surface area contributed by atoms with Crippen LogP contribution in [0.2, 0.25) is 0 Å². The Hall–Kier alpha value is -2.29. The predicted molar refractivity (Wildman–Crippen MR) is 337 cm³/mol. The van der Waals surface area contributed by atoms with Gasteiger partial charge in [0.1, 0.15) is 19.3 Å². The highest BCUT2D eigenvalue weighted by atomic mass is 31.2. The van der Waals surface area contributed by atoms with Crippen LogP contribution in [0.5, 0.6) is 0 Å². The Morgan fingerprint density at radius 1 is 0.449 bits per heavy atom. The SMILES string of the molecule is CCCCC/C=C\C/C=C\C/C=C\CCCCCCCCCCCCC(=O)OC(/C=C\CCCCCCCCCCCCC)C(COP(=O)(O)OCC[N+](C)(C)C)NC(=O)CCCCCCC/C=C/CCCCCCCCC. The van der Waals surface area contributed by atoms with Crippen LogP contribution in [0, 0.1) is 0 Å². The second-order valence-corrected chi connectivity index (χ2v) is 25.1. The van der Waals surface area contributed by atoms with Crippen LogP contribution in [0.25, 0.3) is 0 Å². The normalized spacial score (nSPS) is 14.0. The van der Waals surface area contributed by atoms with E-state index >= 15 is 0 Å². The van der Waals surface area contributed by atoms with Crippen LogP contribution >= 0.6 is 7.82 Å². The van der Waals surface area contributed by atoms with Crippen LogP contribution in [-0.2, 0) is 27.9 Å². The topological polar surface area (TPSA) is 111 Å². The van der Waals surface area contributed by atoms with E-state index in [1.54, 1.807) is 0 Å². The third-order valence-corrected chi connectivity index (χ3v) is 15.7. The van der Waals surface area contributed by atoms with Crippen molar-refractivity contribution in [3.63, 3.8) is 0 Å². The molecule has 0 aromatic heterocycles. The Balaban J connectivity index is 5.20. The van der Waals surface area contributed by atoms with Crippen LogP contribution in [0.1, 0.15) is 310 Å². The van der Waals surface area contributed by atoms with Gasteiger partial charge >= 0.3 is 13.8 Å². The molecule has 0 aliphatic rings. The molecule has 0 aromatic carbocycles. The summed E-state index contributed by atoms with van der Waals surface area (Å²) in [6, 6.07) is -0.855. The molecule has 0 saturated heterocycles. The molecular formula is C68H128N2O7P+. The lowest BCUT2D eigenvalue weighted by Crippen LogP contribution is -2.47. The van der Waals surface area contributed by atoms with Gasteiger partial charge in [0.2, 0.25) is 5.91 Å². The number of carbonyl (C=O) groups is 2. The molecule has 1 amide bonds. The van der Waals surface area contributed by atoms with Gasteiger partial charge in [0, 0.05) is 12.8 Å². The van der Waals surface area contributed by atoms with Gasteiger partial charge in [0.25, 0.3) is 0 Å². The van der Waals surface area contributed by atoms with Crippen molar-refractivity contribution in [3.8, 4) is 0 Å². The number of ether oxygens (including phenoxy) is 1. The number of unbranched alkanes of at least 4 members (excludes halogenated alkanes) is 36. The molecule has 0 aliphatic heterocycles.